The molecular weight excluding hydrogens is 1290 g/mol. The average molecular weight is 1400 g/mol. The zero-order chi connectivity index (χ0) is 65.6. The molecule has 0 fully saturated rings. The van der Waals surface area contributed by atoms with E-state index in [9.17, 15) is 0 Å². The third kappa shape index (κ3) is 32.4. The van der Waals surface area contributed by atoms with Gasteiger partial charge in [0.25, 0.3) is 0 Å². The standard InChI is InChI=1S/C86H110S8/c1-5-9-13-17-21-25-29-37-65-87-83-84(88-66-38-30-26-22-18-14-10-6-2)92-81(91-83)69-75-53-49-73(50-54-75)59-63-79-43-35-33-41-77(79)61-57-71-45-47-72(48-46-71)58-62-78-42-34-36-44-80(78)64-60-74-51-55-76(56-52-74)70-82-93-85(89-67-39-31-27-23-19-15-11-7-3)86(94-82)90-68-40-32-28-24-20-16-12-8-4/h33-36,41-58,61-62,69-70H,5-32,37-40,65-68H2,1-4H3/b61-57+,62-58+. The van der Waals surface area contributed by atoms with Crippen molar-refractivity contribution in [3.05, 3.63) is 202 Å². The van der Waals surface area contributed by atoms with E-state index in [-0.39, 0.29) is 0 Å². The van der Waals surface area contributed by atoms with Gasteiger partial charge in [-0.05, 0) is 131 Å². The lowest BCUT2D eigenvalue weighted by molar-refractivity contribution is 0.586. The van der Waals surface area contributed by atoms with Crippen LogP contribution >= 0.6 is 94.1 Å². The minimum Gasteiger partial charge on any atom is -0.117 e. The molecule has 0 unspecified atom stereocenters. The molecule has 94 heavy (non-hydrogen) atoms. The molecule has 0 bridgehead atoms. The van der Waals surface area contributed by atoms with Crippen molar-refractivity contribution < 1.29 is 0 Å². The molecule has 5 aromatic carbocycles. The van der Waals surface area contributed by atoms with E-state index in [0.717, 1.165) is 44.5 Å². The molecular formula is C86H110S8. The number of rotatable bonds is 46. The third-order valence-electron chi connectivity index (χ3n) is 16.9. The lowest BCUT2D eigenvalue weighted by Gasteiger charge is -2.06. The smallest absolute Gasteiger partial charge is 0.0659 e. The first kappa shape index (κ1) is 77.8. The fourth-order valence-electron chi connectivity index (χ4n) is 11.1. The minimum absolute atomic E-state index is 1.02. The molecule has 0 spiro atoms. The molecule has 0 radical (unpaired) electrons. The van der Waals surface area contributed by atoms with Gasteiger partial charge in [0, 0.05) is 22.3 Å². The summed E-state index contributed by atoms with van der Waals surface area (Å²) in [6.07, 6.45) is 57.5. The Hall–Kier alpha value is -3.54. The van der Waals surface area contributed by atoms with Gasteiger partial charge in [0.15, 0.2) is 0 Å². The van der Waals surface area contributed by atoms with Crippen molar-refractivity contribution in [3.63, 3.8) is 0 Å². The van der Waals surface area contributed by atoms with Crippen molar-refractivity contribution in [1.82, 2.24) is 0 Å². The van der Waals surface area contributed by atoms with Gasteiger partial charge < -0.3 is 0 Å². The van der Waals surface area contributed by atoms with Crippen LogP contribution in [0.3, 0.4) is 0 Å². The maximum Gasteiger partial charge on any atom is 0.0659 e. The van der Waals surface area contributed by atoms with Crippen LogP contribution in [0.2, 0.25) is 0 Å². The Balaban J connectivity index is 0.885. The topological polar surface area (TPSA) is 0 Å². The molecule has 0 amide bonds. The summed E-state index contributed by atoms with van der Waals surface area (Å²) in [6, 6.07) is 43.3. The molecule has 0 saturated carbocycles. The second-order valence-electron chi connectivity index (χ2n) is 25.0. The van der Waals surface area contributed by atoms with E-state index in [1.54, 1.807) is 0 Å². The van der Waals surface area contributed by atoms with E-state index in [0.29, 0.717) is 0 Å². The summed E-state index contributed by atoms with van der Waals surface area (Å²) in [5, 5.41) is 0. The van der Waals surface area contributed by atoms with Crippen LogP contribution in [0.25, 0.3) is 36.5 Å². The average Bonchev–Trinajstić information content (AvgIpc) is 2.03. The van der Waals surface area contributed by atoms with Crippen LogP contribution in [0, 0.1) is 23.7 Å². The first-order chi connectivity index (χ1) is 46.5. The van der Waals surface area contributed by atoms with E-state index in [4.69, 9.17) is 0 Å². The van der Waals surface area contributed by atoms with Crippen molar-refractivity contribution in [2.75, 3.05) is 23.0 Å². The van der Waals surface area contributed by atoms with Crippen molar-refractivity contribution in [2.24, 2.45) is 0 Å². The highest BCUT2D eigenvalue weighted by Gasteiger charge is 2.24. The number of hydrogen-bond donors (Lipinski definition) is 0. The van der Waals surface area contributed by atoms with Gasteiger partial charge in [0.1, 0.15) is 0 Å². The predicted octanol–water partition coefficient (Wildman–Crippen LogP) is 30.1. The molecule has 502 valence electrons. The zero-order valence-electron chi connectivity index (χ0n) is 57.7. The SMILES string of the molecule is CCCCCCCCCCSC1=C(SCCCCCCCCCC)SC(=Cc2ccc(C#Cc3ccccc3/C=C/c3ccc(/C=C/c4ccccc4C#Cc4ccc(C=C5SC(SCCCCCCCCCC)=C(SCCCCCCCCCC)S5)cc4)cc3)cc2)S1. The summed E-state index contributed by atoms with van der Waals surface area (Å²) < 4.78 is 8.91. The minimum atomic E-state index is 1.02. The van der Waals surface area contributed by atoms with Crippen LogP contribution in [0.15, 0.2) is 147 Å². The van der Waals surface area contributed by atoms with Crippen LogP contribution in [-0.2, 0) is 0 Å². The summed E-state index contributed by atoms with van der Waals surface area (Å²) in [5.41, 5.74) is 11.1. The Morgan fingerprint density at radius 2 is 0.521 bits per heavy atom. The van der Waals surface area contributed by atoms with E-state index in [2.05, 4.69) is 256 Å². The second kappa shape index (κ2) is 49.9. The van der Waals surface area contributed by atoms with Crippen LogP contribution in [0.4, 0.5) is 0 Å². The van der Waals surface area contributed by atoms with Gasteiger partial charge in [0.2, 0.25) is 0 Å². The highest BCUT2D eigenvalue weighted by molar-refractivity contribution is 8.41. The number of hydrogen-bond acceptors (Lipinski definition) is 8. The predicted molar refractivity (Wildman–Crippen MR) is 443 cm³/mol. The van der Waals surface area contributed by atoms with Gasteiger partial charge >= 0.3 is 0 Å². The van der Waals surface area contributed by atoms with E-state index >= 15 is 0 Å². The molecule has 2 heterocycles. The molecule has 0 aromatic heterocycles. The summed E-state index contributed by atoms with van der Waals surface area (Å²) in [5.74, 6) is 18.9. The van der Waals surface area contributed by atoms with Crippen LogP contribution in [0.5, 0.6) is 0 Å². The molecule has 2 aliphatic rings. The highest BCUT2D eigenvalue weighted by atomic mass is 32.3. The third-order valence-corrected chi connectivity index (χ3v) is 28.0. The molecule has 7 rings (SSSR count). The van der Waals surface area contributed by atoms with Gasteiger partial charge in [-0.1, -0.05) is 387 Å². The van der Waals surface area contributed by atoms with Crippen LogP contribution in [0.1, 0.15) is 289 Å². The maximum atomic E-state index is 3.50. The molecule has 5 aromatic rings. The Bertz CT molecular complexity index is 2950. The first-order valence-electron chi connectivity index (χ1n) is 36.5. The fraction of sp³-hybridized carbons (Fsp3) is 0.465. The van der Waals surface area contributed by atoms with E-state index in [1.165, 1.54) is 265 Å². The molecule has 8 heteroatoms. The molecule has 0 aliphatic carbocycles. The number of thioether (sulfide) groups is 8. The molecule has 0 N–H and O–H groups in total. The Labute approximate surface area is 607 Å². The monoisotopic (exact) mass is 1400 g/mol. The summed E-state index contributed by atoms with van der Waals surface area (Å²) >= 11 is 16.4. The van der Waals surface area contributed by atoms with Crippen molar-refractivity contribution >= 4 is 131 Å². The largest absolute Gasteiger partial charge is 0.117 e. The number of unbranched alkanes of at least 4 members (excludes halogenated alkanes) is 28. The Morgan fingerprint density at radius 1 is 0.266 bits per heavy atom. The zero-order valence-corrected chi connectivity index (χ0v) is 64.3. The first-order valence-corrected chi connectivity index (χ1v) is 43.7. The summed E-state index contributed by atoms with van der Waals surface area (Å²) in [7, 11) is 0. The van der Waals surface area contributed by atoms with E-state index < -0.39 is 0 Å². The van der Waals surface area contributed by atoms with Crippen molar-refractivity contribution in [3.8, 4) is 23.7 Å². The van der Waals surface area contributed by atoms with Crippen molar-refractivity contribution in [1.29, 1.82) is 0 Å². The molecule has 0 saturated heterocycles. The maximum absolute atomic E-state index is 3.50. The fourth-order valence-corrected chi connectivity index (χ4v) is 23.0. The summed E-state index contributed by atoms with van der Waals surface area (Å²) in [6.45, 7) is 9.22. The number of benzene rings is 5. The van der Waals surface area contributed by atoms with Crippen LogP contribution < -0.4 is 0 Å². The molecule has 0 nitrogen and oxygen atoms in total. The van der Waals surface area contributed by atoms with Gasteiger partial charge in [0.05, 0.1) is 25.4 Å². The molecule has 0 atom stereocenters. The normalized spacial score (nSPS) is 13.2. The van der Waals surface area contributed by atoms with Gasteiger partial charge in [-0.2, -0.15) is 0 Å². The quantitative estimate of drug-likeness (QED) is 0.0212. The lowest BCUT2D eigenvalue weighted by atomic mass is 10.0. The van der Waals surface area contributed by atoms with Gasteiger partial charge in [-0.25, -0.2) is 0 Å². The lowest BCUT2D eigenvalue weighted by Crippen LogP contribution is -1.85. The Morgan fingerprint density at radius 3 is 0.809 bits per heavy atom. The Kier molecular flexibility index (Phi) is 41.3. The van der Waals surface area contributed by atoms with Gasteiger partial charge in [-0.15, -0.1) is 47.0 Å². The van der Waals surface area contributed by atoms with Gasteiger partial charge in [-0.3, -0.25) is 0 Å². The second-order valence-corrected chi connectivity index (χ2v) is 35.2. The van der Waals surface area contributed by atoms with E-state index in [1.807, 2.05) is 47.0 Å². The summed E-state index contributed by atoms with van der Waals surface area (Å²) in [4.78, 5) is 0. The van der Waals surface area contributed by atoms with Crippen LogP contribution in [-0.4, -0.2) is 23.0 Å². The highest BCUT2D eigenvalue weighted by Crippen LogP contribution is 2.59. The molecule has 2 aliphatic heterocycles. The van der Waals surface area contributed by atoms with Crippen molar-refractivity contribution in [2.45, 2.75) is 233 Å².